The highest BCUT2D eigenvalue weighted by Gasteiger charge is 2.22. The molecule has 1 saturated carbocycles. The zero-order chi connectivity index (χ0) is 15.1. The van der Waals surface area contributed by atoms with Crippen molar-refractivity contribution in [3.8, 4) is 0 Å². The number of carbonyl (C=O) groups is 1. The summed E-state index contributed by atoms with van der Waals surface area (Å²) in [7, 11) is 1.60. The summed E-state index contributed by atoms with van der Waals surface area (Å²) in [4.78, 5) is 16.4. The van der Waals surface area contributed by atoms with Gasteiger partial charge in [-0.15, -0.1) is 0 Å². The van der Waals surface area contributed by atoms with Gasteiger partial charge in [0.1, 0.15) is 0 Å². The van der Waals surface area contributed by atoms with Gasteiger partial charge in [-0.2, -0.15) is 0 Å². The van der Waals surface area contributed by atoms with E-state index in [0.29, 0.717) is 25.7 Å². The van der Waals surface area contributed by atoms with E-state index in [1.807, 2.05) is 0 Å². The Balaban J connectivity index is 1.60. The highest BCUT2D eigenvalue weighted by Crippen LogP contribution is 2.17. The van der Waals surface area contributed by atoms with E-state index in [9.17, 15) is 9.90 Å². The third-order valence-electron chi connectivity index (χ3n) is 4.38. The van der Waals surface area contributed by atoms with Gasteiger partial charge in [0, 0.05) is 45.9 Å². The Hall–Kier alpha value is -0.690. The molecule has 2 aliphatic rings. The van der Waals surface area contributed by atoms with E-state index in [-0.39, 0.29) is 5.91 Å². The van der Waals surface area contributed by atoms with Crippen LogP contribution in [0.15, 0.2) is 0 Å². The number of carbonyl (C=O) groups excluding carboxylic acids is 1. The van der Waals surface area contributed by atoms with Crippen molar-refractivity contribution in [1.82, 2.24) is 15.1 Å². The summed E-state index contributed by atoms with van der Waals surface area (Å²) < 4.78 is 4.94. The Morgan fingerprint density at radius 2 is 1.86 bits per heavy atom. The molecule has 1 aliphatic carbocycles. The zero-order valence-electron chi connectivity index (χ0n) is 13.1. The van der Waals surface area contributed by atoms with Gasteiger partial charge >= 0.3 is 0 Å². The summed E-state index contributed by atoms with van der Waals surface area (Å²) >= 11 is 0. The van der Waals surface area contributed by atoms with Crippen molar-refractivity contribution in [1.29, 1.82) is 0 Å². The first-order valence-electron chi connectivity index (χ1n) is 8.08. The summed E-state index contributed by atoms with van der Waals surface area (Å²) in [5.41, 5.74) is 0. The number of β-amino-alcohol motifs (C(OH)–C–C–N with tert-alkyl or cyclic N) is 1. The van der Waals surface area contributed by atoms with Crippen LogP contribution in [0, 0.1) is 0 Å². The van der Waals surface area contributed by atoms with Gasteiger partial charge in [0.2, 0.25) is 5.91 Å². The summed E-state index contributed by atoms with van der Waals surface area (Å²) in [5, 5.41) is 12.9. The van der Waals surface area contributed by atoms with Crippen molar-refractivity contribution in [2.24, 2.45) is 0 Å². The van der Waals surface area contributed by atoms with Gasteiger partial charge in [0.05, 0.1) is 19.3 Å². The second-order valence-corrected chi connectivity index (χ2v) is 6.23. The Kier molecular flexibility index (Phi) is 6.89. The molecule has 21 heavy (non-hydrogen) atoms. The largest absolute Gasteiger partial charge is 0.389 e. The lowest BCUT2D eigenvalue weighted by Gasteiger charge is -2.35. The van der Waals surface area contributed by atoms with Crippen molar-refractivity contribution in [3.05, 3.63) is 0 Å². The van der Waals surface area contributed by atoms with Crippen LogP contribution in [0.1, 0.15) is 25.7 Å². The Bertz CT molecular complexity index is 313. The predicted octanol–water partition coefficient (Wildman–Crippen LogP) is -0.330. The number of piperazine rings is 1. The molecule has 1 amide bonds. The van der Waals surface area contributed by atoms with E-state index < -0.39 is 6.10 Å². The van der Waals surface area contributed by atoms with Crippen molar-refractivity contribution in [2.45, 2.75) is 37.8 Å². The highest BCUT2D eigenvalue weighted by atomic mass is 16.5. The first kappa shape index (κ1) is 16.7. The number of methoxy groups -OCH3 is 1. The molecule has 6 heteroatoms. The van der Waals surface area contributed by atoms with Crippen LogP contribution in [0.25, 0.3) is 0 Å². The number of nitrogens with zero attached hydrogens (tertiary/aromatic N) is 2. The average molecular weight is 299 g/mol. The summed E-state index contributed by atoms with van der Waals surface area (Å²) in [6, 6.07) is 0.406. The predicted molar refractivity (Wildman–Crippen MR) is 81.2 cm³/mol. The maximum absolute atomic E-state index is 12.0. The fourth-order valence-corrected chi connectivity index (χ4v) is 3.22. The Morgan fingerprint density at radius 3 is 2.48 bits per heavy atom. The SMILES string of the molecule is COCC(O)CN1CCN(CC(=O)NC2CCCC2)CC1. The third kappa shape index (κ3) is 5.90. The molecular formula is C15H29N3O3. The van der Waals surface area contributed by atoms with E-state index in [2.05, 4.69) is 15.1 Å². The molecule has 0 aromatic heterocycles. The maximum atomic E-state index is 12.0. The Morgan fingerprint density at radius 1 is 1.24 bits per heavy atom. The van der Waals surface area contributed by atoms with Gasteiger partial charge in [0.15, 0.2) is 0 Å². The summed E-state index contributed by atoms with van der Waals surface area (Å²) in [6.07, 6.45) is 4.33. The summed E-state index contributed by atoms with van der Waals surface area (Å²) in [6.45, 7) is 5.11. The molecule has 1 heterocycles. The normalized spacial score (nSPS) is 23.3. The lowest BCUT2D eigenvalue weighted by molar-refractivity contribution is -0.123. The molecule has 0 bridgehead atoms. The smallest absolute Gasteiger partial charge is 0.234 e. The molecular weight excluding hydrogens is 270 g/mol. The fraction of sp³-hybridized carbons (Fsp3) is 0.933. The topological polar surface area (TPSA) is 65.0 Å². The van der Waals surface area contributed by atoms with Crippen LogP contribution in [0.2, 0.25) is 0 Å². The zero-order valence-corrected chi connectivity index (χ0v) is 13.1. The molecule has 0 aromatic carbocycles. The molecule has 0 radical (unpaired) electrons. The molecule has 2 fully saturated rings. The number of hydrogen-bond donors (Lipinski definition) is 2. The highest BCUT2D eigenvalue weighted by molar-refractivity contribution is 5.78. The number of aliphatic hydroxyl groups excluding tert-OH is 1. The van der Waals surface area contributed by atoms with Gasteiger partial charge in [0.25, 0.3) is 0 Å². The monoisotopic (exact) mass is 299 g/mol. The quantitative estimate of drug-likeness (QED) is 0.674. The number of amides is 1. The van der Waals surface area contributed by atoms with Crippen LogP contribution >= 0.6 is 0 Å². The van der Waals surface area contributed by atoms with Crippen molar-refractivity contribution in [3.63, 3.8) is 0 Å². The first-order valence-corrected chi connectivity index (χ1v) is 8.08. The molecule has 1 unspecified atom stereocenters. The standard InChI is InChI=1S/C15H29N3O3/c1-21-12-14(19)10-17-6-8-18(9-7-17)11-15(20)16-13-4-2-3-5-13/h13-14,19H,2-12H2,1H3,(H,16,20). The van der Waals surface area contributed by atoms with Crippen molar-refractivity contribution < 1.29 is 14.6 Å². The van der Waals surface area contributed by atoms with E-state index in [1.54, 1.807) is 7.11 Å². The van der Waals surface area contributed by atoms with Crippen LogP contribution < -0.4 is 5.32 Å². The minimum absolute atomic E-state index is 0.162. The number of aliphatic hydroxyl groups is 1. The van der Waals surface area contributed by atoms with Gasteiger partial charge < -0.3 is 15.2 Å². The van der Waals surface area contributed by atoms with Crippen LogP contribution in [-0.4, -0.2) is 85.9 Å². The Labute approximate surface area is 127 Å². The lowest BCUT2D eigenvalue weighted by atomic mass is 10.2. The molecule has 1 saturated heterocycles. The molecule has 1 atom stereocenters. The molecule has 0 aromatic rings. The molecule has 2 rings (SSSR count). The third-order valence-corrected chi connectivity index (χ3v) is 4.38. The van der Waals surface area contributed by atoms with E-state index in [0.717, 1.165) is 39.0 Å². The van der Waals surface area contributed by atoms with Gasteiger partial charge in [-0.1, -0.05) is 12.8 Å². The average Bonchev–Trinajstić information content (AvgIpc) is 2.94. The maximum Gasteiger partial charge on any atom is 0.234 e. The van der Waals surface area contributed by atoms with Gasteiger partial charge in [-0.25, -0.2) is 0 Å². The fourth-order valence-electron chi connectivity index (χ4n) is 3.22. The molecule has 122 valence electrons. The van der Waals surface area contributed by atoms with Crippen LogP contribution in [0.3, 0.4) is 0 Å². The van der Waals surface area contributed by atoms with Gasteiger partial charge in [-0.05, 0) is 12.8 Å². The van der Waals surface area contributed by atoms with E-state index in [1.165, 1.54) is 12.8 Å². The molecule has 0 spiro atoms. The number of ether oxygens (including phenoxy) is 1. The van der Waals surface area contributed by atoms with Crippen molar-refractivity contribution >= 4 is 5.91 Å². The van der Waals surface area contributed by atoms with Crippen molar-refractivity contribution in [2.75, 3.05) is 53.0 Å². The van der Waals surface area contributed by atoms with E-state index in [4.69, 9.17) is 4.74 Å². The number of hydrogen-bond acceptors (Lipinski definition) is 5. The summed E-state index contributed by atoms with van der Waals surface area (Å²) in [5.74, 6) is 0.162. The van der Waals surface area contributed by atoms with Crippen LogP contribution in [-0.2, 0) is 9.53 Å². The minimum Gasteiger partial charge on any atom is -0.389 e. The molecule has 2 N–H and O–H groups in total. The second kappa shape index (κ2) is 8.68. The number of rotatable bonds is 7. The lowest BCUT2D eigenvalue weighted by Crippen LogP contribution is -2.51. The van der Waals surface area contributed by atoms with Crippen LogP contribution in [0.5, 0.6) is 0 Å². The van der Waals surface area contributed by atoms with Gasteiger partial charge in [-0.3, -0.25) is 14.6 Å². The minimum atomic E-state index is -0.424. The first-order chi connectivity index (χ1) is 10.2. The molecule has 1 aliphatic heterocycles. The second-order valence-electron chi connectivity index (χ2n) is 6.23. The van der Waals surface area contributed by atoms with Crippen LogP contribution in [0.4, 0.5) is 0 Å². The molecule has 6 nitrogen and oxygen atoms in total. The van der Waals surface area contributed by atoms with E-state index >= 15 is 0 Å². The number of nitrogens with one attached hydrogen (secondary N) is 1.